The van der Waals surface area contributed by atoms with Gasteiger partial charge in [0.2, 0.25) is 0 Å². The summed E-state index contributed by atoms with van der Waals surface area (Å²) in [5.41, 5.74) is 8.12. The lowest BCUT2D eigenvalue weighted by atomic mass is 10.1. The van der Waals surface area contributed by atoms with Crippen molar-refractivity contribution < 1.29 is 0 Å². The second-order valence-electron chi connectivity index (χ2n) is 4.45. The Labute approximate surface area is 107 Å². The molecular formula is C13H21BrN2. The highest BCUT2D eigenvalue weighted by Gasteiger charge is 2.08. The third-order valence-corrected chi connectivity index (χ3v) is 2.97. The van der Waals surface area contributed by atoms with Crippen molar-refractivity contribution in [1.29, 1.82) is 0 Å². The van der Waals surface area contributed by atoms with E-state index in [0.29, 0.717) is 12.5 Å². The van der Waals surface area contributed by atoms with E-state index in [2.05, 4.69) is 59.8 Å². The minimum Gasteiger partial charge on any atom is -0.372 e. The predicted molar refractivity (Wildman–Crippen MR) is 74.8 cm³/mol. The Balaban J connectivity index is 2.95. The van der Waals surface area contributed by atoms with E-state index in [1.807, 2.05) is 0 Å². The van der Waals surface area contributed by atoms with Gasteiger partial charge in [0, 0.05) is 29.8 Å². The van der Waals surface area contributed by atoms with Gasteiger partial charge in [0.05, 0.1) is 0 Å². The summed E-state index contributed by atoms with van der Waals surface area (Å²) in [5.74, 6) is 0.667. The smallest absolute Gasteiger partial charge is 0.0380 e. The molecule has 0 aliphatic heterocycles. The van der Waals surface area contributed by atoms with E-state index in [4.69, 9.17) is 5.73 Å². The molecule has 16 heavy (non-hydrogen) atoms. The van der Waals surface area contributed by atoms with E-state index < -0.39 is 0 Å². The minimum absolute atomic E-state index is 0.589. The van der Waals surface area contributed by atoms with Crippen LogP contribution in [0.15, 0.2) is 22.7 Å². The highest BCUT2D eigenvalue weighted by molar-refractivity contribution is 9.10. The summed E-state index contributed by atoms with van der Waals surface area (Å²) < 4.78 is 1.10. The molecule has 0 unspecified atom stereocenters. The zero-order valence-electron chi connectivity index (χ0n) is 10.3. The van der Waals surface area contributed by atoms with E-state index in [0.717, 1.165) is 17.6 Å². The highest BCUT2D eigenvalue weighted by atomic mass is 79.9. The first-order valence-electron chi connectivity index (χ1n) is 5.81. The Morgan fingerprint density at radius 3 is 2.50 bits per heavy atom. The van der Waals surface area contributed by atoms with E-state index in [9.17, 15) is 0 Å². The topological polar surface area (TPSA) is 29.3 Å². The van der Waals surface area contributed by atoms with Gasteiger partial charge in [0.25, 0.3) is 0 Å². The molecule has 0 atom stereocenters. The normalized spacial score (nSPS) is 10.9. The van der Waals surface area contributed by atoms with Gasteiger partial charge in [-0.25, -0.2) is 0 Å². The number of nitrogens with two attached hydrogens (primary N) is 1. The first-order chi connectivity index (χ1) is 7.56. The average molecular weight is 285 g/mol. The van der Waals surface area contributed by atoms with Gasteiger partial charge in [-0.1, -0.05) is 29.8 Å². The highest BCUT2D eigenvalue weighted by Crippen LogP contribution is 2.23. The zero-order valence-corrected chi connectivity index (χ0v) is 11.9. The van der Waals surface area contributed by atoms with E-state index >= 15 is 0 Å². The maximum absolute atomic E-state index is 5.69. The summed E-state index contributed by atoms with van der Waals surface area (Å²) >= 11 is 3.54. The largest absolute Gasteiger partial charge is 0.372 e. The van der Waals surface area contributed by atoms with Crippen LogP contribution < -0.4 is 10.6 Å². The molecule has 0 amide bonds. The molecule has 2 N–H and O–H groups in total. The summed E-state index contributed by atoms with van der Waals surface area (Å²) in [7, 11) is 0. The van der Waals surface area contributed by atoms with Gasteiger partial charge in [0.15, 0.2) is 0 Å². The molecule has 0 spiro atoms. The van der Waals surface area contributed by atoms with Crippen molar-refractivity contribution >= 4 is 21.6 Å². The van der Waals surface area contributed by atoms with Crippen molar-refractivity contribution in [3.8, 4) is 0 Å². The second kappa shape index (κ2) is 6.26. The Hall–Kier alpha value is -0.540. The molecule has 0 aliphatic carbocycles. The standard InChI is InChI=1S/C13H21BrN2/c1-4-16(9-10(2)3)13-6-11(8-15)5-12(14)7-13/h5-7,10H,4,8-9,15H2,1-3H3. The fourth-order valence-electron chi connectivity index (χ4n) is 1.79. The average Bonchev–Trinajstić information content (AvgIpc) is 2.24. The lowest BCUT2D eigenvalue weighted by Gasteiger charge is -2.26. The number of benzene rings is 1. The summed E-state index contributed by atoms with van der Waals surface area (Å²) in [4.78, 5) is 2.38. The van der Waals surface area contributed by atoms with Crippen LogP contribution in [0.2, 0.25) is 0 Å². The first kappa shape index (κ1) is 13.5. The van der Waals surface area contributed by atoms with Gasteiger partial charge in [-0.3, -0.25) is 0 Å². The van der Waals surface area contributed by atoms with Crippen LogP contribution in [0.4, 0.5) is 5.69 Å². The van der Waals surface area contributed by atoms with Crippen LogP contribution in [0.3, 0.4) is 0 Å². The SMILES string of the molecule is CCN(CC(C)C)c1cc(Br)cc(CN)c1. The third kappa shape index (κ3) is 3.80. The number of hydrogen-bond donors (Lipinski definition) is 1. The molecule has 0 fully saturated rings. The molecule has 0 saturated heterocycles. The van der Waals surface area contributed by atoms with Gasteiger partial charge in [0.1, 0.15) is 0 Å². The van der Waals surface area contributed by atoms with Crippen LogP contribution in [-0.4, -0.2) is 13.1 Å². The van der Waals surface area contributed by atoms with Crippen LogP contribution in [0, 0.1) is 5.92 Å². The van der Waals surface area contributed by atoms with Gasteiger partial charge in [-0.15, -0.1) is 0 Å². The summed E-state index contributed by atoms with van der Waals surface area (Å²) in [6.07, 6.45) is 0. The molecule has 0 aromatic heterocycles. The van der Waals surface area contributed by atoms with Crippen molar-refractivity contribution in [2.24, 2.45) is 11.7 Å². The van der Waals surface area contributed by atoms with Crippen LogP contribution >= 0.6 is 15.9 Å². The minimum atomic E-state index is 0.589. The molecule has 90 valence electrons. The quantitative estimate of drug-likeness (QED) is 0.898. The van der Waals surface area contributed by atoms with E-state index in [1.54, 1.807) is 0 Å². The number of hydrogen-bond acceptors (Lipinski definition) is 2. The number of rotatable bonds is 5. The molecule has 2 nitrogen and oxygen atoms in total. The zero-order chi connectivity index (χ0) is 12.1. The molecule has 0 aliphatic rings. The molecule has 1 aromatic rings. The van der Waals surface area contributed by atoms with Crippen molar-refractivity contribution in [1.82, 2.24) is 0 Å². The van der Waals surface area contributed by atoms with Gasteiger partial charge < -0.3 is 10.6 Å². The van der Waals surface area contributed by atoms with Crippen molar-refractivity contribution in [3.05, 3.63) is 28.2 Å². The van der Waals surface area contributed by atoms with Crippen molar-refractivity contribution in [2.45, 2.75) is 27.3 Å². The van der Waals surface area contributed by atoms with Gasteiger partial charge in [-0.05, 0) is 36.6 Å². The van der Waals surface area contributed by atoms with Crippen molar-refractivity contribution in [3.63, 3.8) is 0 Å². The lowest BCUT2D eigenvalue weighted by molar-refractivity contribution is 0.618. The molecule has 0 heterocycles. The maximum Gasteiger partial charge on any atom is 0.0380 e. The number of halogens is 1. The van der Waals surface area contributed by atoms with Crippen LogP contribution in [0.25, 0.3) is 0 Å². The van der Waals surface area contributed by atoms with Crippen LogP contribution in [0.5, 0.6) is 0 Å². The van der Waals surface area contributed by atoms with Gasteiger partial charge >= 0.3 is 0 Å². The van der Waals surface area contributed by atoms with E-state index in [1.165, 1.54) is 11.3 Å². The Morgan fingerprint density at radius 1 is 1.31 bits per heavy atom. The van der Waals surface area contributed by atoms with Gasteiger partial charge in [-0.2, -0.15) is 0 Å². The maximum atomic E-state index is 5.69. The molecule has 3 heteroatoms. The van der Waals surface area contributed by atoms with Crippen LogP contribution in [0.1, 0.15) is 26.3 Å². The summed E-state index contributed by atoms with van der Waals surface area (Å²) in [5, 5.41) is 0. The fourth-order valence-corrected chi connectivity index (χ4v) is 2.32. The third-order valence-electron chi connectivity index (χ3n) is 2.51. The van der Waals surface area contributed by atoms with E-state index in [-0.39, 0.29) is 0 Å². The molecule has 1 aromatic carbocycles. The van der Waals surface area contributed by atoms with Crippen molar-refractivity contribution in [2.75, 3.05) is 18.0 Å². The fraction of sp³-hybridized carbons (Fsp3) is 0.538. The Bertz CT molecular complexity index is 337. The summed E-state index contributed by atoms with van der Waals surface area (Å²) in [6, 6.07) is 6.41. The molecule has 1 rings (SSSR count). The molecule has 0 radical (unpaired) electrons. The Kier molecular flexibility index (Phi) is 5.29. The summed E-state index contributed by atoms with van der Waals surface area (Å²) in [6.45, 7) is 9.36. The predicted octanol–water partition coefficient (Wildman–Crippen LogP) is 3.39. The number of anilines is 1. The second-order valence-corrected chi connectivity index (χ2v) is 5.37. The van der Waals surface area contributed by atoms with Crippen LogP contribution in [-0.2, 0) is 6.54 Å². The monoisotopic (exact) mass is 284 g/mol. The molecule has 0 saturated carbocycles. The molecular weight excluding hydrogens is 264 g/mol. The molecule has 0 bridgehead atoms. The number of nitrogens with zero attached hydrogens (tertiary/aromatic N) is 1. The first-order valence-corrected chi connectivity index (χ1v) is 6.60. The lowest BCUT2D eigenvalue weighted by Crippen LogP contribution is -2.27. The Morgan fingerprint density at radius 2 is 2.00 bits per heavy atom.